The first-order valence-corrected chi connectivity index (χ1v) is 6.56. The second kappa shape index (κ2) is 5.99. The van der Waals surface area contributed by atoms with Crippen molar-refractivity contribution in [3.05, 3.63) is 28.8 Å². The van der Waals surface area contributed by atoms with Crippen LogP contribution in [-0.2, 0) is 11.2 Å². The van der Waals surface area contributed by atoms with Crippen molar-refractivity contribution in [1.29, 1.82) is 0 Å². The number of halogens is 2. The smallest absolute Gasteiger partial charge is 0.261 e. The number of amides is 1. The van der Waals surface area contributed by atoms with Crippen LogP contribution in [0.1, 0.15) is 12.0 Å². The summed E-state index contributed by atoms with van der Waals surface area (Å²) >= 11 is 5.92. The molecule has 1 amide bonds. The lowest BCUT2D eigenvalue weighted by molar-refractivity contribution is -0.127. The molecular formula is C13H16Cl2N2O2. The molecular weight excluding hydrogens is 287 g/mol. The molecule has 2 atom stereocenters. The zero-order valence-corrected chi connectivity index (χ0v) is 11.9. The maximum Gasteiger partial charge on any atom is 0.261 e. The maximum absolute atomic E-state index is 12.1. The first-order valence-electron chi connectivity index (χ1n) is 6.18. The summed E-state index contributed by atoms with van der Waals surface area (Å²) in [6.45, 7) is 1.81. The van der Waals surface area contributed by atoms with E-state index in [1.54, 1.807) is 6.07 Å². The molecule has 1 fully saturated rings. The minimum atomic E-state index is -0.418. The predicted molar refractivity (Wildman–Crippen MR) is 76.2 cm³/mol. The van der Waals surface area contributed by atoms with Gasteiger partial charge in [0.2, 0.25) is 0 Å². The van der Waals surface area contributed by atoms with E-state index in [1.165, 1.54) is 0 Å². The van der Waals surface area contributed by atoms with Crippen LogP contribution in [0.3, 0.4) is 0 Å². The van der Waals surface area contributed by atoms with Gasteiger partial charge in [0.1, 0.15) is 5.75 Å². The molecule has 1 saturated heterocycles. The molecule has 104 valence electrons. The summed E-state index contributed by atoms with van der Waals surface area (Å²) in [5.41, 5.74) is 1.01. The molecule has 2 heterocycles. The number of ether oxygens (including phenoxy) is 1. The van der Waals surface area contributed by atoms with Crippen LogP contribution in [0.5, 0.6) is 5.75 Å². The van der Waals surface area contributed by atoms with Gasteiger partial charge in [0, 0.05) is 24.0 Å². The van der Waals surface area contributed by atoms with E-state index < -0.39 is 6.10 Å². The molecule has 2 aliphatic rings. The van der Waals surface area contributed by atoms with Crippen molar-refractivity contribution < 1.29 is 9.53 Å². The number of hydrogen-bond donors (Lipinski definition) is 2. The van der Waals surface area contributed by atoms with Gasteiger partial charge in [-0.1, -0.05) is 11.6 Å². The van der Waals surface area contributed by atoms with E-state index in [2.05, 4.69) is 10.6 Å². The highest BCUT2D eigenvalue weighted by Gasteiger charge is 2.30. The summed E-state index contributed by atoms with van der Waals surface area (Å²) in [7, 11) is 0. The SMILES string of the molecule is Cl.O=C(NC1CCNC1)C1Cc2cc(Cl)ccc2O1. The van der Waals surface area contributed by atoms with Crippen LogP contribution in [0.4, 0.5) is 0 Å². The van der Waals surface area contributed by atoms with Gasteiger partial charge in [-0.05, 0) is 36.7 Å². The highest BCUT2D eigenvalue weighted by Crippen LogP contribution is 2.31. The average Bonchev–Trinajstić information content (AvgIpc) is 2.96. The van der Waals surface area contributed by atoms with Gasteiger partial charge in [0.25, 0.3) is 5.91 Å². The van der Waals surface area contributed by atoms with Crippen LogP contribution < -0.4 is 15.4 Å². The summed E-state index contributed by atoms with van der Waals surface area (Å²) in [5, 5.41) is 6.91. The van der Waals surface area contributed by atoms with E-state index in [-0.39, 0.29) is 24.4 Å². The molecule has 0 aliphatic carbocycles. The molecule has 19 heavy (non-hydrogen) atoms. The quantitative estimate of drug-likeness (QED) is 0.871. The number of carbonyl (C=O) groups excluding carboxylic acids is 1. The highest BCUT2D eigenvalue weighted by atomic mass is 35.5. The predicted octanol–water partition coefficient (Wildman–Crippen LogP) is 1.54. The Bertz CT molecular complexity index is 476. The largest absolute Gasteiger partial charge is 0.480 e. The first kappa shape index (κ1) is 14.4. The second-order valence-corrected chi connectivity index (χ2v) is 5.20. The number of benzene rings is 1. The Balaban J connectivity index is 0.00000133. The molecule has 0 radical (unpaired) electrons. The summed E-state index contributed by atoms with van der Waals surface area (Å²) in [5.74, 6) is 0.736. The molecule has 2 N–H and O–H groups in total. The Kier molecular flexibility index (Phi) is 4.55. The summed E-state index contributed by atoms with van der Waals surface area (Å²) in [4.78, 5) is 12.1. The third-order valence-corrected chi connectivity index (χ3v) is 3.63. The van der Waals surface area contributed by atoms with Crippen molar-refractivity contribution in [3.8, 4) is 5.75 Å². The van der Waals surface area contributed by atoms with Gasteiger partial charge >= 0.3 is 0 Å². The molecule has 2 aliphatic heterocycles. The van der Waals surface area contributed by atoms with Gasteiger partial charge < -0.3 is 15.4 Å². The van der Waals surface area contributed by atoms with E-state index in [0.717, 1.165) is 30.8 Å². The molecule has 0 saturated carbocycles. The fourth-order valence-electron chi connectivity index (χ4n) is 2.44. The number of nitrogens with one attached hydrogen (secondary N) is 2. The van der Waals surface area contributed by atoms with E-state index in [1.807, 2.05) is 12.1 Å². The van der Waals surface area contributed by atoms with Crippen molar-refractivity contribution in [2.75, 3.05) is 13.1 Å². The highest BCUT2D eigenvalue weighted by molar-refractivity contribution is 6.30. The molecule has 6 heteroatoms. The van der Waals surface area contributed by atoms with Crippen molar-refractivity contribution in [3.63, 3.8) is 0 Å². The first-order chi connectivity index (χ1) is 8.72. The zero-order valence-electron chi connectivity index (χ0n) is 10.3. The molecule has 0 bridgehead atoms. The van der Waals surface area contributed by atoms with Crippen molar-refractivity contribution >= 4 is 29.9 Å². The lowest BCUT2D eigenvalue weighted by Crippen LogP contribution is -2.44. The Morgan fingerprint density at radius 2 is 2.32 bits per heavy atom. The van der Waals surface area contributed by atoms with E-state index in [4.69, 9.17) is 16.3 Å². The van der Waals surface area contributed by atoms with Crippen molar-refractivity contribution in [1.82, 2.24) is 10.6 Å². The maximum atomic E-state index is 12.1. The fourth-order valence-corrected chi connectivity index (χ4v) is 2.63. The minimum absolute atomic E-state index is 0. The third kappa shape index (κ3) is 3.14. The monoisotopic (exact) mass is 302 g/mol. The van der Waals surface area contributed by atoms with Gasteiger partial charge in [-0.15, -0.1) is 12.4 Å². The van der Waals surface area contributed by atoms with E-state index in [9.17, 15) is 4.79 Å². The van der Waals surface area contributed by atoms with E-state index >= 15 is 0 Å². The third-order valence-electron chi connectivity index (χ3n) is 3.40. The van der Waals surface area contributed by atoms with Crippen LogP contribution in [0.2, 0.25) is 5.02 Å². The van der Waals surface area contributed by atoms with Crippen LogP contribution in [0.25, 0.3) is 0 Å². The number of carbonyl (C=O) groups is 1. The van der Waals surface area contributed by atoms with Crippen molar-refractivity contribution in [2.24, 2.45) is 0 Å². The molecule has 0 aromatic heterocycles. The van der Waals surface area contributed by atoms with E-state index in [0.29, 0.717) is 11.4 Å². The molecule has 4 nitrogen and oxygen atoms in total. The van der Waals surface area contributed by atoms with Crippen LogP contribution >= 0.6 is 24.0 Å². The Labute approximate surface area is 123 Å². The Hall–Kier alpha value is -0.970. The summed E-state index contributed by atoms with van der Waals surface area (Å²) in [6.07, 6.45) is 1.16. The van der Waals surface area contributed by atoms with Crippen molar-refractivity contribution in [2.45, 2.75) is 25.0 Å². The van der Waals surface area contributed by atoms with Gasteiger partial charge in [0.15, 0.2) is 6.10 Å². The number of fused-ring (bicyclic) bond motifs is 1. The Morgan fingerprint density at radius 3 is 3.05 bits per heavy atom. The average molecular weight is 303 g/mol. The zero-order chi connectivity index (χ0) is 12.5. The summed E-state index contributed by atoms with van der Waals surface area (Å²) < 4.78 is 5.64. The fraction of sp³-hybridized carbons (Fsp3) is 0.462. The van der Waals surface area contributed by atoms with Crippen LogP contribution in [-0.4, -0.2) is 31.1 Å². The van der Waals surface area contributed by atoms with Gasteiger partial charge in [0.05, 0.1) is 0 Å². The normalized spacial score (nSPS) is 24.3. The standard InChI is InChI=1S/C13H15ClN2O2.ClH/c14-9-1-2-11-8(5-9)6-12(18-11)13(17)16-10-3-4-15-7-10;/h1-2,5,10,12,15H,3-4,6-7H2,(H,16,17);1H. The van der Waals surface area contributed by atoms with Gasteiger partial charge in [-0.25, -0.2) is 0 Å². The molecule has 2 unspecified atom stereocenters. The number of rotatable bonds is 2. The van der Waals surface area contributed by atoms with Gasteiger partial charge in [-0.2, -0.15) is 0 Å². The van der Waals surface area contributed by atoms with Crippen LogP contribution in [0.15, 0.2) is 18.2 Å². The minimum Gasteiger partial charge on any atom is -0.480 e. The summed E-state index contributed by atoms with van der Waals surface area (Å²) in [6, 6.07) is 5.69. The van der Waals surface area contributed by atoms with Gasteiger partial charge in [-0.3, -0.25) is 4.79 Å². The second-order valence-electron chi connectivity index (χ2n) is 4.76. The molecule has 0 spiro atoms. The molecule has 1 aromatic rings. The topological polar surface area (TPSA) is 50.4 Å². The molecule has 3 rings (SSSR count). The number of hydrogen-bond acceptors (Lipinski definition) is 3. The molecule has 1 aromatic carbocycles. The lowest BCUT2D eigenvalue weighted by Gasteiger charge is -2.15. The Morgan fingerprint density at radius 1 is 1.47 bits per heavy atom. The van der Waals surface area contributed by atoms with Crippen LogP contribution in [0, 0.1) is 0 Å². The lowest BCUT2D eigenvalue weighted by atomic mass is 10.1.